The molecule has 0 amide bonds. The number of hydrogen-bond acceptors (Lipinski definition) is 6. The van der Waals surface area contributed by atoms with Crippen LogP contribution in [0.4, 0.5) is 8.78 Å². The van der Waals surface area contributed by atoms with Gasteiger partial charge in [-0.3, -0.25) is 9.59 Å². The van der Waals surface area contributed by atoms with E-state index in [1.165, 1.54) is 12.1 Å². The molecule has 0 radical (unpaired) electrons. The Morgan fingerprint density at radius 2 is 1.96 bits per heavy atom. The van der Waals surface area contributed by atoms with E-state index in [2.05, 4.69) is 4.74 Å². The summed E-state index contributed by atoms with van der Waals surface area (Å²) in [4.78, 5) is 23.2. The number of thiophene rings is 1. The molecule has 2 aromatic rings. The predicted molar refractivity (Wildman–Crippen MR) is 81.2 cm³/mol. The van der Waals surface area contributed by atoms with Crippen LogP contribution in [0.25, 0.3) is 0 Å². The van der Waals surface area contributed by atoms with Crippen molar-refractivity contribution in [3.63, 3.8) is 0 Å². The summed E-state index contributed by atoms with van der Waals surface area (Å²) in [6.07, 6.45) is 0. The van der Waals surface area contributed by atoms with Crippen molar-refractivity contribution in [1.29, 1.82) is 0 Å². The second-order valence-electron chi connectivity index (χ2n) is 4.46. The molecule has 2 rings (SSSR count). The van der Waals surface area contributed by atoms with Crippen LogP contribution in [0.2, 0.25) is 0 Å². The Bertz CT molecular complexity index is 850. The zero-order valence-electron chi connectivity index (χ0n) is 12.0. The molecule has 6 nitrogen and oxygen atoms in total. The predicted octanol–water partition coefficient (Wildman–Crippen LogP) is 1.73. The minimum absolute atomic E-state index is 0.0215. The van der Waals surface area contributed by atoms with Crippen LogP contribution in [0, 0.1) is 11.6 Å². The largest absolute Gasteiger partial charge is 0.456 e. The number of carbonyl (C=O) groups is 2. The molecule has 0 aliphatic rings. The number of rotatable bonds is 7. The van der Waals surface area contributed by atoms with E-state index in [1.54, 1.807) is 5.38 Å². The van der Waals surface area contributed by atoms with Gasteiger partial charge in [-0.05, 0) is 29.6 Å². The van der Waals surface area contributed by atoms with Gasteiger partial charge < -0.3 is 4.74 Å². The summed E-state index contributed by atoms with van der Waals surface area (Å²) in [5.41, 5.74) is -0.554. The minimum atomic E-state index is -3.84. The van der Waals surface area contributed by atoms with E-state index in [0.717, 1.165) is 23.5 Å². The number of esters is 1. The SMILES string of the molecule is O=C(CNS(=O)(=O)c1cccs1)OCC(=O)c1cc(F)ccc1F. The first-order valence-electron chi connectivity index (χ1n) is 6.46. The Balaban J connectivity index is 1.87. The maximum Gasteiger partial charge on any atom is 0.321 e. The van der Waals surface area contributed by atoms with Crippen molar-refractivity contribution in [2.75, 3.05) is 13.2 Å². The van der Waals surface area contributed by atoms with Gasteiger partial charge in [0.1, 0.15) is 22.4 Å². The van der Waals surface area contributed by atoms with Crippen molar-refractivity contribution in [1.82, 2.24) is 4.72 Å². The molecule has 0 aliphatic carbocycles. The maximum atomic E-state index is 13.4. The number of nitrogens with one attached hydrogen (secondary N) is 1. The third-order valence-corrected chi connectivity index (χ3v) is 5.56. The van der Waals surface area contributed by atoms with Gasteiger partial charge in [-0.1, -0.05) is 6.07 Å². The van der Waals surface area contributed by atoms with Crippen LogP contribution in [-0.4, -0.2) is 33.3 Å². The molecule has 0 saturated carbocycles. The molecule has 1 heterocycles. The molecule has 0 spiro atoms. The average Bonchev–Trinajstić information content (AvgIpc) is 3.08. The molecule has 128 valence electrons. The van der Waals surface area contributed by atoms with E-state index < -0.39 is 52.1 Å². The lowest BCUT2D eigenvalue weighted by atomic mass is 10.1. The normalized spacial score (nSPS) is 11.2. The Morgan fingerprint density at radius 3 is 2.62 bits per heavy atom. The molecule has 10 heteroatoms. The summed E-state index contributed by atoms with van der Waals surface area (Å²) in [6, 6.07) is 5.19. The van der Waals surface area contributed by atoms with E-state index in [9.17, 15) is 26.8 Å². The van der Waals surface area contributed by atoms with Crippen molar-refractivity contribution in [2.45, 2.75) is 4.21 Å². The molecule has 0 aliphatic heterocycles. The Morgan fingerprint density at radius 1 is 1.21 bits per heavy atom. The highest BCUT2D eigenvalue weighted by molar-refractivity contribution is 7.91. The van der Waals surface area contributed by atoms with Crippen LogP contribution in [-0.2, 0) is 19.6 Å². The average molecular weight is 375 g/mol. The van der Waals surface area contributed by atoms with Crippen molar-refractivity contribution in [2.24, 2.45) is 0 Å². The fourth-order valence-electron chi connectivity index (χ4n) is 1.63. The third-order valence-electron chi connectivity index (χ3n) is 2.76. The van der Waals surface area contributed by atoms with Crippen molar-refractivity contribution in [3.8, 4) is 0 Å². The maximum absolute atomic E-state index is 13.4. The van der Waals surface area contributed by atoms with E-state index in [-0.39, 0.29) is 4.21 Å². The van der Waals surface area contributed by atoms with Gasteiger partial charge in [-0.25, -0.2) is 17.2 Å². The second kappa shape index (κ2) is 7.60. The van der Waals surface area contributed by atoms with Crippen LogP contribution in [0.1, 0.15) is 10.4 Å². The first-order valence-corrected chi connectivity index (χ1v) is 8.83. The van der Waals surface area contributed by atoms with E-state index in [0.29, 0.717) is 6.07 Å². The molecule has 0 saturated heterocycles. The zero-order valence-corrected chi connectivity index (χ0v) is 13.6. The number of hydrogen-bond donors (Lipinski definition) is 1. The van der Waals surface area contributed by atoms with Gasteiger partial charge in [0.2, 0.25) is 5.78 Å². The first-order chi connectivity index (χ1) is 11.3. The second-order valence-corrected chi connectivity index (χ2v) is 7.41. The molecular weight excluding hydrogens is 364 g/mol. The molecular formula is C14H11F2NO5S2. The van der Waals surface area contributed by atoms with Gasteiger partial charge in [-0.2, -0.15) is 4.72 Å². The van der Waals surface area contributed by atoms with Gasteiger partial charge in [-0.15, -0.1) is 11.3 Å². The summed E-state index contributed by atoms with van der Waals surface area (Å²) in [6.45, 7) is -1.53. The van der Waals surface area contributed by atoms with Gasteiger partial charge in [0, 0.05) is 0 Å². The lowest BCUT2D eigenvalue weighted by Gasteiger charge is -2.06. The minimum Gasteiger partial charge on any atom is -0.456 e. The highest BCUT2D eigenvalue weighted by Gasteiger charge is 2.19. The lowest BCUT2D eigenvalue weighted by Crippen LogP contribution is -2.31. The molecule has 1 N–H and O–H groups in total. The van der Waals surface area contributed by atoms with Crippen LogP contribution in [0.5, 0.6) is 0 Å². The van der Waals surface area contributed by atoms with Crippen LogP contribution in [0.3, 0.4) is 0 Å². The summed E-state index contributed by atoms with van der Waals surface area (Å²) in [5, 5.41) is 1.55. The molecule has 24 heavy (non-hydrogen) atoms. The lowest BCUT2D eigenvalue weighted by molar-refractivity contribution is -0.141. The smallest absolute Gasteiger partial charge is 0.321 e. The third kappa shape index (κ3) is 4.66. The quantitative estimate of drug-likeness (QED) is 0.588. The van der Waals surface area contributed by atoms with E-state index >= 15 is 0 Å². The van der Waals surface area contributed by atoms with E-state index in [4.69, 9.17) is 0 Å². The van der Waals surface area contributed by atoms with Gasteiger partial charge in [0.05, 0.1) is 5.56 Å². The Hall–Kier alpha value is -2.17. The highest BCUT2D eigenvalue weighted by atomic mass is 32.2. The Kier molecular flexibility index (Phi) is 5.75. The number of Topliss-reactive ketones (excluding diaryl/α,β-unsaturated/α-hetero) is 1. The summed E-state index contributed by atoms with van der Waals surface area (Å²) < 4.78 is 56.5. The van der Waals surface area contributed by atoms with Crippen LogP contribution < -0.4 is 4.72 Å². The molecule has 0 fully saturated rings. The molecule has 0 atom stereocenters. The first kappa shape index (κ1) is 18.2. The number of sulfonamides is 1. The number of ketones is 1. The van der Waals surface area contributed by atoms with Crippen LogP contribution in [0.15, 0.2) is 39.9 Å². The number of ether oxygens (including phenoxy) is 1. The molecule has 1 aromatic carbocycles. The van der Waals surface area contributed by atoms with Crippen molar-refractivity contribution >= 4 is 33.1 Å². The topological polar surface area (TPSA) is 89.5 Å². The molecule has 1 aromatic heterocycles. The Labute approximate surface area is 140 Å². The highest BCUT2D eigenvalue weighted by Crippen LogP contribution is 2.15. The number of benzene rings is 1. The van der Waals surface area contributed by atoms with Gasteiger partial charge >= 0.3 is 5.97 Å². The summed E-state index contributed by atoms with van der Waals surface area (Å²) in [7, 11) is -3.84. The van der Waals surface area contributed by atoms with Gasteiger partial charge in [0.25, 0.3) is 10.0 Å². The molecule has 0 unspecified atom stereocenters. The number of halogens is 2. The van der Waals surface area contributed by atoms with E-state index in [1.807, 2.05) is 4.72 Å². The van der Waals surface area contributed by atoms with Crippen LogP contribution >= 0.6 is 11.3 Å². The zero-order chi connectivity index (χ0) is 17.7. The summed E-state index contributed by atoms with van der Waals surface area (Å²) in [5.74, 6) is -3.73. The van der Waals surface area contributed by atoms with Crippen molar-refractivity contribution in [3.05, 3.63) is 52.9 Å². The monoisotopic (exact) mass is 375 g/mol. The fraction of sp³-hybridized carbons (Fsp3) is 0.143. The summed E-state index contributed by atoms with van der Waals surface area (Å²) >= 11 is 0.966. The molecule has 0 bridgehead atoms. The van der Waals surface area contributed by atoms with Crippen molar-refractivity contribution < 1.29 is 31.5 Å². The van der Waals surface area contributed by atoms with Gasteiger partial charge in [0.15, 0.2) is 6.61 Å². The standard InChI is InChI=1S/C14H11F2NO5S2/c15-9-3-4-11(16)10(6-9)12(18)8-22-13(19)7-17-24(20,21)14-2-1-5-23-14/h1-6,17H,7-8H2. The number of carbonyl (C=O) groups excluding carboxylic acids is 2. The fourth-order valence-corrected chi connectivity index (χ4v) is 3.63.